The standard InChI is InChI=1S/C23H19ClN4O4/c1-14-5-4-10-28-12-16(25-21(14)28)13-32-20-7-3-2-6-17(20)22(30)26-27-23(31)18-11-15(24)8-9-19(18)29/h2-12,29H,13H2,1H3,(H,26,30)(H,27,31). The number of nitrogens with one attached hydrogen (secondary N) is 2. The van der Waals surface area contributed by atoms with E-state index in [2.05, 4.69) is 15.8 Å². The van der Waals surface area contributed by atoms with Crippen molar-refractivity contribution in [2.75, 3.05) is 0 Å². The first kappa shape index (κ1) is 21.2. The van der Waals surface area contributed by atoms with Gasteiger partial charge in [0.15, 0.2) is 0 Å². The molecule has 2 aromatic heterocycles. The predicted molar refractivity (Wildman–Crippen MR) is 119 cm³/mol. The number of hydrogen-bond donors (Lipinski definition) is 3. The van der Waals surface area contributed by atoms with Crippen molar-refractivity contribution >= 4 is 29.1 Å². The number of amides is 2. The van der Waals surface area contributed by atoms with Crippen molar-refractivity contribution < 1.29 is 19.4 Å². The summed E-state index contributed by atoms with van der Waals surface area (Å²) in [5, 5.41) is 10.1. The number of nitrogens with zero attached hydrogens (tertiary/aromatic N) is 2. The number of aromatic nitrogens is 2. The van der Waals surface area contributed by atoms with Crippen molar-refractivity contribution in [2.24, 2.45) is 0 Å². The Kier molecular flexibility index (Phi) is 5.96. The Balaban J connectivity index is 1.44. The zero-order chi connectivity index (χ0) is 22.7. The van der Waals surface area contributed by atoms with E-state index in [-0.39, 0.29) is 28.5 Å². The fourth-order valence-electron chi connectivity index (χ4n) is 3.14. The van der Waals surface area contributed by atoms with Crippen molar-refractivity contribution in [3.8, 4) is 11.5 Å². The number of hydrogen-bond acceptors (Lipinski definition) is 5. The summed E-state index contributed by atoms with van der Waals surface area (Å²) < 4.78 is 7.74. The molecule has 9 heteroatoms. The van der Waals surface area contributed by atoms with Crippen LogP contribution in [-0.4, -0.2) is 26.3 Å². The fraction of sp³-hybridized carbons (Fsp3) is 0.0870. The number of halogens is 1. The van der Waals surface area contributed by atoms with E-state index in [9.17, 15) is 14.7 Å². The molecule has 8 nitrogen and oxygen atoms in total. The van der Waals surface area contributed by atoms with E-state index in [1.807, 2.05) is 35.9 Å². The highest BCUT2D eigenvalue weighted by molar-refractivity contribution is 6.31. The first-order valence-electron chi connectivity index (χ1n) is 9.66. The van der Waals surface area contributed by atoms with Gasteiger partial charge in [0.25, 0.3) is 11.8 Å². The molecule has 0 atom stereocenters. The largest absolute Gasteiger partial charge is 0.507 e. The van der Waals surface area contributed by atoms with Gasteiger partial charge in [-0.3, -0.25) is 20.4 Å². The predicted octanol–water partition coefficient (Wildman–Crippen LogP) is 3.66. The molecule has 162 valence electrons. The molecule has 4 aromatic rings. The van der Waals surface area contributed by atoms with E-state index in [0.717, 1.165) is 11.2 Å². The third-order valence-corrected chi connectivity index (χ3v) is 4.96. The van der Waals surface area contributed by atoms with Gasteiger partial charge in [-0.15, -0.1) is 0 Å². The van der Waals surface area contributed by atoms with E-state index in [1.54, 1.807) is 24.3 Å². The molecular formula is C23H19ClN4O4. The van der Waals surface area contributed by atoms with Crippen LogP contribution in [0.4, 0.5) is 0 Å². The lowest BCUT2D eigenvalue weighted by Gasteiger charge is -2.12. The van der Waals surface area contributed by atoms with Gasteiger partial charge in [0.2, 0.25) is 0 Å². The Hall–Kier alpha value is -4.04. The normalized spacial score (nSPS) is 10.7. The molecule has 3 N–H and O–H groups in total. The van der Waals surface area contributed by atoms with Crippen LogP contribution in [0.3, 0.4) is 0 Å². The monoisotopic (exact) mass is 450 g/mol. The van der Waals surface area contributed by atoms with Gasteiger partial charge in [0.1, 0.15) is 23.8 Å². The van der Waals surface area contributed by atoms with Crippen LogP contribution in [0, 0.1) is 6.92 Å². The van der Waals surface area contributed by atoms with Gasteiger partial charge in [0, 0.05) is 17.4 Å². The van der Waals surface area contributed by atoms with Gasteiger partial charge in [-0.25, -0.2) is 4.98 Å². The average molecular weight is 451 g/mol. The Labute approximate surface area is 188 Å². The summed E-state index contributed by atoms with van der Waals surface area (Å²) >= 11 is 5.86. The molecule has 2 heterocycles. The topological polar surface area (TPSA) is 105 Å². The third kappa shape index (κ3) is 4.50. The number of benzene rings is 2. The third-order valence-electron chi connectivity index (χ3n) is 4.73. The summed E-state index contributed by atoms with van der Waals surface area (Å²) in [4.78, 5) is 29.5. The maximum Gasteiger partial charge on any atom is 0.273 e. The molecule has 0 spiro atoms. The van der Waals surface area contributed by atoms with Crippen LogP contribution >= 0.6 is 11.6 Å². The summed E-state index contributed by atoms with van der Waals surface area (Å²) in [5.41, 5.74) is 7.33. The number of para-hydroxylation sites is 1. The average Bonchev–Trinajstić information content (AvgIpc) is 3.22. The second-order valence-electron chi connectivity index (χ2n) is 7.01. The quantitative estimate of drug-likeness (QED) is 0.402. The van der Waals surface area contributed by atoms with Crippen LogP contribution in [0.25, 0.3) is 5.65 Å². The summed E-state index contributed by atoms with van der Waals surface area (Å²) in [6.07, 6.45) is 3.77. The molecule has 2 amide bonds. The van der Waals surface area contributed by atoms with Gasteiger partial charge in [-0.1, -0.05) is 29.8 Å². The minimum absolute atomic E-state index is 0.0653. The van der Waals surface area contributed by atoms with Crippen LogP contribution in [-0.2, 0) is 6.61 Å². The Morgan fingerprint density at radius 2 is 1.81 bits per heavy atom. The second-order valence-corrected chi connectivity index (χ2v) is 7.45. The number of carbonyl (C=O) groups is 2. The first-order valence-corrected chi connectivity index (χ1v) is 10.0. The Morgan fingerprint density at radius 3 is 2.59 bits per heavy atom. The number of pyridine rings is 1. The molecule has 0 saturated carbocycles. The molecule has 0 aliphatic heterocycles. The zero-order valence-electron chi connectivity index (χ0n) is 17.0. The Morgan fingerprint density at radius 1 is 1.06 bits per heavy atom. The maximum absolute atomic E-state index is 12.6. The molecule has 0 saturated heterocycles. The zero-order valence-corrected chi connectivity index (χ0v) is 17.8. The summed E-state index contributed by atoms with van der Waals surface area (Å²) in [6, 6.07) is 14.6. The van der Waals surface area contributed by atoms with Crippen molar-refractivity contribution in [1.82, 2.24) is 20.2 Å². The molecule has 0 aliphatic carbocycles. The number of fused-ring (bicyclic) bond motifs is 1. The first-order chi connectivity index (χ1) is 15.4. The fourth-order valence-corrected chi connectivity index (χ4v) is 3.32. The second kappa shape index (κ2) is 8.99. The molecule has 0 bridgehead atoms. The van der Waals surface area contributed by atoms with Crippen molar-refractivity contribution in [2.45, 2.75) is 13.5 Å². The lowest BCUT2D eigenvalue weighted by atomic mass is 10.2. The molecule has 0 unspecified atom stereocenters. The number of carbonyl (C=O) groups excluding carboxylic acids is 2. The molecular weight excluding hydrogens is 432 g/mol. The lowest BCUT2D eigenvalue weighted by Crippen LogP contribution is -2.41. The number of rotatable bonds is 5. The molecule has 4 rings (SSSR count). The van der Waals surface area contributed by atoms with Gasteiger partial charge in [-0.2, -0.15) is 0 Å². The SMILES string of the molecule is Cc1cccn2cc(COc3ccccc3C(=O)NNC(=O)c3cc(Cl)ccc3O)nc12. The number of phenolic OH excluding ortho intramolecular Hbond substituents is 1. The molecule has 0 radical (unpaired) electrons. The van der Waals surface area contributed by atoms with Gasteiger partial charge >= 0.3 is 0 Å². The van der Waals surface area contributed by atoms with E-state index < -0.39 is 11.8 Å². The maximum atomic E-state index is 12.6. The minimum Gasteiger partial charge on any atom is -0.507 e. The van der Waals surface area contributed by atoms with Crippen LogP contribution < -0.4 is 15.6 Å². The Bertz CT molecular complexity index is 1320. The molecule has 0 aliphatic rings. The molecule has 0 fully saturated rings. The molecule has 2 aromatic carbocycles. The van der Waals surface area contributed by atoms with Gasteiger partial charge < -0.3 is 14.2 Å². The number of aryl methyl sites for hydroxylation is 1. The van der Waals surface area contributed by atoms with Crippen molar-refractivity contribution in [1.29, 1.82) is 0 Å². The summed E-state index contributed by atoms with van der Waals surface area (Å²) in [6.45, 7) is 2.14. The van der Waals surface area contributed by atoms with Crippen LogP contribution in [0.5, 0.6) is 11.5 Å². The number of hydrazine groups is 1. The smallest absolute Gasteiger partial charge is 0.273 e. The summed E-state index contributed by atoms with van der Waals surface area (Å²) in [5.74, 6) is -1.22. The highest BCUT2D eigenvalue weighted by Gasteiger charge is 2.16. The number of ether oxygens (including phenoxy) is 1. The van der Waals surface area contributed by atoms with Crippen LogP contribution in [0.15, 0.2) is 67.0 Å². The number of imidazole rings is 1. The van der Waals surface area contributed by atoms with E-state index in [1.165, 1.54) is 18.2 Å². The summed E-state index contributed by atoms with van der Waals surface area (Å²) in [7, 11) is 0. The highest BCUT2D eigenvalue weighted by atomic mass is 35.5. The van der Waals surface area contributed by atoms with Crippen LogP contribution in [0.1, 0.15) is 32.0 Å². The highest BCUT2D eigenvalue weighted by Crippen LogP contribution is 2.22. The van der Waals surface area contributed by atoms with Crippen LogP contribution in [0.2, 0.25) is 5.02 Å². The number of aromatic hydroxyl groups is 1. The van der Waals surface area contributed by atoms with Crippen molar-refractivity contribution in [3.63, 3.8) is 0 Å². The van der Waals surface area contributed by atoms with Crippen molar-refractivity contribution in [3.05, 3.63) is 94.4 Å². The minimum atomic E-state index is -0.711. The molecule has 32 heavy (non-hydrogen) atoms. The van der Waals surface area contributed by atoms with E-state index in [4.69, 9.17) is 16.3 Å². The van der Waals surface area contributed by atoms with E-state index >= 15 is 0 Å². The van der Waals surface area contributed by atoms with E-state index in [0.29, 0.717) is 11.4 Å². The number of phenols is 1. The van der Waals surface area contributed by atoms with Gasteiger partial charge in [0.05, 0.1) is 16.8 Å². The lowest BCUT2D eigenvalue weighted by molar-refractivity contribution is 0.0842. The van der Waals surface area contributed by atoms with Gasteiger partial charge in [-0.05, 0) is 48.9 Å².